The van der Waals surface area contributed by atoms with Gasteiger partial charge < -0.3 is 15.2 Å². The summed E-state index contributed by atoms with van der Waals surface area (Å²) >= 11 is 0. The van der Waals surface area contributed by atoms with Gasteiger partial charge in [-0.05, 0) is 31.4 Å². The number of ether oxygens (including phenoxy) is 2. The second-order valence-corrected chi connectivity index (χ2v) is 6.66. The van der Waals surface area contributed by atoms with Gasteiger partial charge in [-0.2, -0.15) is 0 Å². The summed E-state index contributed by atoms with van der Waals surface area (Å²) in [4.78, 5) is 11.7. The highest BCUT2D eigenvalue weighted by molar-refractivity contribution is 5.87. The van der Waals surface area contributed by atoms with Gasteiger partial charge in [-0.15, -0.1) is 0 Å². The van der Waals surface area contributed by atoms with Crippen LogP contribution in [0.15, 0.2) is 24.3 Å². The Balaban J connectivity index is 1.57. The quantitative estimate of drug-likeness (QED) is 0.929. The van der Waals surface area contributed by atoms with Crippen LogP contribution in [0.4, 0.5) is 5.82 Å². The smallest absolute Gasteiger partial charge is 0.145 e. The van der Waals surface area contributed by atoms with Crippen LogP contribution in [0.1, 0.15) is 25.1 Å². The number of rotatable bonds is 3. The van der Waals surface area contributed by atoms with Crippen LogP contribution < -0.4 is 5.73 Å². The van der Waals surface area contributed by atoms with E-state index in [0.717, 1.165) is 49.1 Å². The molecule has 0 bridgehead atoms. The molecule has 1 aliphatic carbocycles. The highest BCUT2D eigenvalue weighted by atomic mass is 16.5. The van der Waals surface area contributed by atoms with Crippen LogP contribution in [0.5, 0.6) is 0 Å². The third-order valence-electron chi connectivity index (χ3n) is 5.24. The van der Waals surface area contributed by atoms with E-state index in [4.69, 9.17) is 20.2 Å². The fourth-order valence-corrected chi connectivity index (χ4v) is 3.96. The second-order valence-electron chi connectivity index (χ2n) is 6.66. The summed E-state index contributed by atoms with van der Waals surface area (Å²) in [5.74, 6) is 1.34. The number of nitrogens with two attached hydrogens (primary N) is 1. The van der Waals surface area contributed by atoms with Crippen molar-refractivity contribution in [2.75, 3.05) is 26.0 Å². The first-order chi connectivity index (χ1) is 11.7. The molecule has 1 aliphatic heterocycles. The van der Waals surface area contributed by atoms with Gasteiger partial charge in [0.2, 0.25) is 0 Å². The largest absolute Gasteiger partial charge is 0.383 e. The number of methoxy groups -OCH3 is 1. The molecular weight excluding hydrogens is 304 g/mol. The summed E-state index contributed by atoms with van der Waals surface area (Å²) in [5.41, 5.74) is 7.03. The van der Waals surface area contributed by atoms with Gasteiger partial charge >= 0.3 is 0 Å². The molecule has 2 heterocycles. The number of hydrogen-bond donors (Lipinski definition) is 1. The van der Waals surface area contributed by atoms with Crippen molar-refractivity contribution in [3.8, 4) is 0 Å². The van der Waals surface area contributed by atoms with Crippen LogP contribution in [-0.4, -0.2) is 53.4 Å². The molecular formula is C18H24N4O2. The van der Waals surface area contributed by atoms with Gasteiger partial charge in [0.15, 0.2) is 0 Å². The molecule has 2 fully saturated rings. The average molecular weight is 328 g/mol. The van der Waals surface area contributed by atoms with Crippen molar-refractivity contribution in [2.45, 2.75) is 44.1 Å². The molecule has 2 N–H and O–H groups in total. The number of anilines is 1. The highest BCUT2D eigenvalue weighted by Crippen LogP contribution is 2.31. The van der Waals surface area contributed by atoms with Crippen molar-refractivity contribution in [1.82, 2.24) is 14.9 Å². The van der Waals surface area contributed by atoms with Gasteiger partial charge in [-0.25, -0.2) is 9.97 Å². The Kier molecular flexibility index (Phi) is 4.35. The normalized spacial score (nSPS) is 28.0. The molecule has 1 saturated heterocycles. The zero-order chi connectivity index (χ0) is 16.5. The van der Waals surface area contributed by atoms with Gasteiger partial charge in [0.1, 0.15) is 11.6 Å². The first-order valence-corrected chi connectivity index (χ1v) is 8.64. The van der Waals surface area contributed by atoms with E-state index in [-0.39, 0.29) is 0 Å². The fourth-order valence-electron chi connectivity index (χ4n) is 3.96. The van der Waals surface area contributed by atoms with Gasteiger partial charge in [-0.1, -0.05) is 12.1 Å². The molecule has 4 rings (SSSR count). The molecule has 0 spiro atoms. The molecule has 1 saturated carbocycles. The molecule has 0 radical (unpaired) electrons. The van der Waals surface area contributed by atoms with Crippen LogP contribution in [0.25, 0.3) is 10.9 Å². The number of nitrogens with zero attached hydrogens (tertiary/aromatic N) is 3. The highest BCUT2D eigenvalue weighted by Gasteiger charge is 2.38. The zero-order valence-electron chi connectivity index (χ0n) is 14.0. The maximum Gasteiger partial charge on any atom is 0.145 e. The molecule has 1 aromatic heterocycles. The number of nitrogen functional groups attached to an aromatic ring is 1. The molecule has 2 aliphatic rings. The molecule has 0 amide bonds. The molecule has 6 nitrogen and oxygen atoms in total. The number of benzene rings is 1. The topological polar surface area (TPSA) is 73.5 Å². The van der Waals surface area contributed by atoms with Crippen LogP contribution in [0, 0.1) is 0 Å². The van der Waals surface area contributed by atoms with Crippen molar-refractivity contribution in [2.24, 2.45) is 0 Å². The third kappa shape index (κ3) is 2.97. The van der Waals surface area contributed by atoms with E-state index >= 15 is 0 Å². The minimum absolute atomic E-state index is 0.294. The summed E-state index contributed by atoms with van der Waals surface area (Å²) in [6, 6.07) is 8.26. The van der Waals surface area contributed by atoms with E-state index in [1.165, 1.54) is 0 Å². The van der Waals surface area contributed by atoms with Crippen molar-refractivity contribution in [3.05, 3.63) is 30.1 Å². The van der Waals surface area contributed by atoms with Crippen LogP contribution in [0.2, 0.25) is 0 Å². The van der Waals surface area contributed by atoms with E-state index in [2.05, 4.69) is 9.88 Å². The van der Waals surface area contributed by atoms with E-state index in [1.54, 1.807) is 7.11 Å². The maximum atomic E-state index is 6.12. The maximum absolute atomic E-state index is 6.12. The van der Waals surface area contributed by atoms with Crippen LogP contribution in [0.3, 0.4) is 0 Å². The lowest BCUT2D eigenvalue weighted by atomic mass is 9.88. The van der Waals surface area contributed by atoms with E-state index < -0.39 is 0 Å². The molecule has 24 heavy (non-hydrogen) atoms. The number of hydrogen-bond acceptors (Lipinski definition) is 6. The first-order valence-electron chi connectivity index (χ1n) is 8.64. The number of para-hydroxylation sites is 1. The Morgan fingerprint density at radius 1 is 1.29 bits per heavy atom. The lowest BCUT2D eigenvalue weighted by Gasteiger charge is -2.45. The summed E-state index contributed by atoms with van der Waals surface area (Å²) < 4.78 is 11.6. The fraction of sp³-hybridized carbons (Fsp3) is 0.556. The number of aromatic nitrogens is 2. The predicted molar refractivity (Wildman–Crippen MR) is 92.5 cm³/mol. The monoisotopic (exact) mass is 328 g/mol. The van der Waals surface area contributed by atoms with Crippen molar-refractivity contribution >= 4 is 16.7 Å². The van der Waals surface area contributed by atoms with Gasteiger partial charge in [0, 0.05) is 25.1 Å². The first kappa shape index (κ1) is 15.7. The second kappa shape index (κ2) is 6.63. The summed E-state index contributed by atoms with van der Waals surface area (Å²) in [6.45, 7) is 2.37. The number of morpholine rings is 1. The average Bonchev–Trinajstić information content (AvgIpc) is 2.62. The molecule has 2 aromatic rings. The lowest BCUT2D eigenvalue weighted by Crippen LogP contribution is -2.54. The minimum Gasteiger partial charge on any atom is -0.383 e. The zero-order valence-corrected chi connectivity index (χ0v) is 14.0. The van der Waals surface area contributed by atoms with Crippen molar-refractivity contribution in [3.63, 3.8) is 0 Å². The molecule has 0 unspecified atom stereocenters. The standard InChI is InChI=1S/C18H24N4O2/c1-23-12-6-7-16-15(10-12)22(8-9-24-16)11-17-20-14-5-3-2-4-13(14)18(19)21-17/h2-5,12,15-16H,6-11H2,1H3,(H2,19,20,21)/t12-,15+,16-/m1/s1. The van der Waals surface area contributed by atoms with Gasteiger partial charge in [0.05, 0.1) is 30.9 Å². The molecule has 3 atom stereocenters. The minimum atomic E-state index is 0.294. The van der Waals surface area contributed by atoms with Crippen molar-refractivity contribution in [1.29, 1.82) is 0 Å². The molecule has 1 aromatic carbocycles. The molecule has 6 heteroatoms. The van der Waals surface area contributed by atoms with E-state index in [9.17, 15) is 0 Å². The Bertz CT molecular complexity index is 723. The van der Waals surface area contributed by atoms with Gasteiger partial charge in [-0.3, -0.25) is 4.90 Å². The van der Waals surface area contributed by atoms with E-state index in [0.29, 0.717) is 30.6 Å². The van der Waals surface area contributed by atoms with Crippen molar-refractivity contribution < 1.29 is 9.47 Å². The summed E-state index contributed by atoms with van der Waals surface area (Å²) in [5, 5.41) is 0.915. The SMILES string of the molecule is CO[C@@H]1CC[C@H]2OCCN(Cc3nc(N)c4ccccc4n3)[C@H]2C1. The third-order valence-corrected chi connectivity index (χ3v) is 5.24. The Labute approximate surface area is 142 Å². The van der Waals surface area contributed by atoms with Gasteiger partial charge in [0.25, 0.3) is 0 Å². The lowest BCUT2D eigenvalue weighted by molar-refractivity contribution is -0.116. The summed E-state index contributed by atoms with van der Waals surface area (Å²) in [6.07, 6.45) is 3.75. The number of fused-ring (bicyclic) bond motifs is 2. The van der Waals surface area contributed by atoms with E-state index in [1.807, 2.05) is 24.3 Å². The summed E-state index contributed by atoms with van der Waals surface area (Å²) in [7, 11) is 1.80. The molecule has 128 valence electrons. The Morgan fingerprint density at radius 2 is 2.17 bits per heavy atom. The van der Waals surface area contributed by atoms with Crippen LogP contribution >= 0.6 is 0 Å². The Morgan fingerprint density at radius 3 is 3.04 bits per heavy atom. The van der Waals surface area contributed by atoms with Crippen LogP contribution in [-0.2, 0) is 16.0 Å². The predicted octanol–water partition coefficient (Wildman–Crippen LogP) is 1.98. The Hall–Kier alpha value is -1.76.